The van der Waals surface area contributed by atoms with E-state index in [4.69, 9.17) is 0 Å². The fourth-order valence-electron chi connectivity index (χ4n) is 1.70. The number of carbonyl (C=O) groups is 1. The number of hydrogen-bond acceptors (Lipinski definition) is 2. The van der Waals surface area contributed by atoms with Crippen LogP contribution >= 0.6 is 15.9 Å². The molecule has 0 aromatic carbocycles. The lowest BCUT2D eigenvalue weighted by molar-refractivity contribution is 0.112. The van der Waals surface area contributed by atoms with Crippen LogP contribution in [0.5, 0.6) is 0 Å². The summed E-state index contributed by atoms with van der Waals surface area (Å²) in [5.74, 6) is 0.900. The highest BCUT2D eigenvalue weighted by Gasteiger charge is 2.22. The largest absolute Gasteiger partial charge is 0.302 e. The highest BCUT2D eigenvalue weighted by atomic mass is 79.9. The van der Waals surface area contributed by atoms with E-state index >= 15 is 0 Å². The molecule has 0 saturated carbocycles. The summed E-state index contributed by atoms with van der Waals surface area (Å²) in [6.45, 7) is 6.25. The normalized spacial score (nSPS) is 12.0. The Morgan fingerprint density at radius 1 is 1.44 bits per heavy atom. The summed E-state index contributed by atoms with van der Waals surface area (Å²) in [6.07, 6.45) is 2.73. The quantitative estimate of drug-likeness (QED) is 0.752. The smallest absolute Gasteiger partial charge is 0.170 e. The molecule has 0 atom stereocenters. The molecule has 2 heterocycles. The van der Waals surface area contributed by atoms with Crippen molar-refractivity contribution < 1.29 is 4.79 Å². The number of hydrogen-bond donors (Lipinski definition) is 0. The number of rotatable bonds is 1. The summed E-state index contributed by atoms with van der Waals surface area (Å²) in [7, 11) is 0. The van der Waals surface area contributed by atoms with E-state index in [2.05, 4.69) is 41.7 Å². The number of imidazole rings is 1. The van der Waals surface area contributed by atoms with Crippen molar-refractivity contribution in [3.8, 4) is 0 Å². The molecule has 0 spiro atoms. The van der Waals surface area contributed by atoms with E-state index < -0.39 is 0 Å². The van der Waals surface area contributed by atoms with E-state index in [1.807, 2.05) is 22.7 Å². The third kappa shape index (κ3) is 1.78. The van der Waals surface area contributed by atoms with Crippen molar-refractivity contribution in [2.45, 2.75) is 26.2 Å². The van der Waals surface area contributed by atoms with Crippen molar-refractivity contribution in [2.24, 2.45) is 0 Å². The van der Waals surface area contributed by atoms with Gasteiger partial charge >= 0.3 is 0 Å². The summed E-state index contributed by atoms with van der Waals surface area (Å²) in [5.41, 5.74) is 1.25. The van der Waals surface area contributed by atoms with Crippen LogP contribution in [-0.4, -0.2) is 15.7 Å². The van der Waals surface area contributed by atoms with Crippen LogP contribution in [0.15, 0.2) is 22.8 Å². The lowest BCUT2D eigenvalue weighted by Gasteiger charge is -2.16. The molecule has 0 saturated heterocycles. The van der Waals surface area contributed by atoms with E-state index in [9.17, 15) is 4.79 Å². The lowest BCUT2D eigenvalue weighted by atomic mass is 9.96. The first-order valence-electron chi connectivity index (χ1n) is 5.07. The standard InChI is InChI=1S/C12H13BrN2O/c1-12(2,3)11-14-9(7-16)10-6-8(13)4-5-15(10)11/h4-7H,1-3H3. The highest BCUT2D eigenvalue weighted by molar-refractivity contribution is 9.10. The Morgan fingerprint density at radius 2 is 2.12 bits per heavy atom. The minimum Gasteiger partial charge on any atom is -0.302 e. The zero-order valence-electron chi connectivity index (χ0n) is 9.49. The van der Waals surface area contributed by atoms with Crippen LogP contribution in [0.2, 0.25) is 0 Å². The zero-order valence-corrected chi connectivity index (χ0v) is 11.1. The number of pyridine rings is 1. The van der Waals surface area contributed by atoms with Crippen molar-refractivity contribution in [2.75, 3.05) is 0 Å². The number of fused-ring (bicyclic) bond motifs is 1. The summed E-state index contributed by atoms with van der Waals surface area (Å²) >= 11 is 3.40. The van der Waals surface area contributed by atoms with Crippen LogP contribution in [0.25, 0.3) is 5.52 Å². The molecular weight excluding hydrogens is 268 g/mol. The second-order valence-electron chi connectivity index (χ2n) is 4.79. The molecule has 0 aliphatic rings. The SMILES string of the molecule is CC(C)(C)c1nc(C=O)c2cc(Br)ccn12. The fourth-order valence-corrected chi connectivity index (χ4v) is 2.03. The number of aldehydes is 1. The Bertz CT molecular complexity index is 552. The third-order valence-corrected chi connectivity index (χ3v) is 2.91. The molecular formula is C12H13BrN2O. The minimum atomic E-state index is -0.0853. The van der Waals surface area contributed by atoms with E-state index in [0.29, 0.717) is 5.69 Å². The molecule has 4 heteroatoms. The zero-order chi connectivity index (χ0) is 11.9. The van der Waals surface area contributed by atoms with Crippen LogP contribution in [-0.2, 0) is 5.41 Å². The van der Waals surface area contributed by atoms with Crippen molar-refractivity contribution in [1.29, 1.82) is 0 Å². The average molecular weight is 281 g/mol. The van der Waals surface area contributed by atoms with Gasteiger partial charge in [0, 0.05) is 16.1 Å². The van der Waals surface area contributed by atoms with Crippen LogP contribution in [0.4, 0.5) is 0 Å². The molecule has 0 radical (unpaired) electrons. The van der Waals surface area contributed by atoms with Gasteiger partial charge in [0.15, 0.2) is 6.29 Å². The molecule has 0 bridgehead atoms. The Balaban J connectivity index is 2.83. The van der Waals surface area contributed by atoms with Gasteiger partial charge in [-0.25, -0.2) is 4.98 Å². The molecule has 16 heavy (non-hydrogen) atoms. The molecule has 0 amide bonds. The molecule has 2 aromatic heterocycles. The summed E-state index contributed by atoms with van der Waals surface area (Å²) in [6, 6.07) is 3.85. The molecule has 2 aromatic rings. The van der Waals surface area contributed by atoms with Gasteiger partial charge in [0.1, 0.15) is 11.5 Å². The minimum absolute atomic E-state index is 0.0853. The molecule has 3 nitrogen and oxygen atoms in total. The molecule has 0 aliphatic heterocycles. The maximum atomic E-state index is 11.0. The molecule has 0 fully saturated rings. The monoisotopic (exact) mass is 280 g/mol. The van der Waals surface area contributed by atoms with Crippen molar-refractivity contribution in [3.05, 3.63) is 34.3 Å². The van der Waals surface area contributed by atoms with E-state index in [0.717, 1.165) is 22.1 Å². The molecule has 84 valence electrons. The Kier molecular flexibility index (Phi) is 2.62. The lowest BCUT2D eigenvalue weighted by Crippen LogP contribution is -2.15. The summed E-state index contributed by atoms with van der Waals surface area (Å²) in [4.78, 5) is 15.4. The van der Waals surface area contributed by atoms with E-state index in [-0.39, 0.29) is 5.41 Å². The number of carbonyl (C=O) groups excluding carboxylic acids is 1. The first-order valence-corrected chi connectivity index (χ1v) is 5.86. The van der Waals surface area contributed by atoms with Crippen molar-refractivity contribution in [3.63, 3.8) is 0 Å². The van der Waals surface area contributed by atoms with Crippen LogP contribution in [0.3, 0.4) is 0 Å². The topological polar surface area (TPSA) is 34.4 Å². The first-order chi connectivity index (χ1) is 7.43. The van der Waals surface area contributed by atoms with Gasteiger partial charge in [-0.2, -0.15) is 0 Å². The van der Waals surface area contributed by atoms with Gasteiger partial charge in [-0.15, -0.1) is 0 Å². The van der Waals surface area contributed by atoms with Crippen molar-refractivity contribution >= 4 is 27.7 Å². The van der Waals surface area contributed by atoms with E-state index in [1.165, 1.54) is 0 Å². The first kappa shape index (κ1) is 11.3. The maximum absolute atomic E-state index is 11.0. The molecule has 0 aliphatic carbocycles. The number of nitrogens with zero attached hydrogens (tertiary/aromatic N) is 2. The van der Waals surface area contributed by atoms with E-state index in [1.54, 1.807) is 0 Å². The second kappa shape index (κ2) is 3.70. The van der Waals surface area contributed by atoms with Crippen molar-refractivity contribution in [1.82, 2.24) is 9.38 Å². The maximum Gasteiger partial charge on any atom is 0.170 e. The van der Waals surface area contributed by atoms with Gasteiger partial charge in [-0.1, -0.05) is 36.7 Å². The third-order valence-electron chi connectivity index (χ3n) is 2.42. The summed E-state index contributed by atoms with van der Waals surface area (Å²) < 4.78 is 2.91. The van der Waals surface area contributed by atoms with Gasteiger partial charge in [0.05, 0.1) is 5.52 Å². The molecule has 0 N–H and O–H groups in total. The Labute approximate surface area is 103 Å². The Hall–Kier alpha value is -1.16. The molecule has 2 rings (SSSR count). The predicted molar refractivity (Wildman–Crippen MR) is 67.0 cm³/mol. The number of halogens is 1. The van der Waals surface area contributed by atoms with Crippen LogP contribution < -0.4 is 0 Å². The fraction of sp³-hybridized carbons (Fsp3) is 0.333. The van der Waals surface area contributed by atoms with Gasteiger partial charge in [0.2, 0.25) is 0 Å². The summed E-state index contributed by atoms with van der Waals surface area (Å²) in [5, 5.41) is 0. The van der Waals surface area contributed by atoms with Crippen LogP contribution in [0, 0.1) is 0 Å². The number of aromatic nitrogens is 2. The van der Waals surface area contributed by atoms with Gasteiger partial charge in [-0.05, 0) is 12.1 Å². The van der Waals surface area contributed by atoms with Crippen LogP contribution in [0.1, 0.15) is 37.1 Å². The average Bonchev–Trinajstić information content (AvgIpc) is 2.55. The van der Waals surface area contributed by atoms with Gasteiger partial charge in [-0.3, -0.25) is 4.79 Å². The van der Waals surface area contributed by atoms with Gasteiger partial charge in [0.25, 0.3) is 0 Å². The predicted octanol–water partition coefficient (Wildman–Crippen LogP) is 3.21. The highest BCUT2D eigenvalue weighted by Crippen LogP contribution is 2.25. The second-order valence-corrected chi connectivity index (χ2v) is 5.70. The Morgan fingerprint density at radius 3 is 2.69 bits per heavy atom. The van der Waals surface area contributed by atoms with Gasteiger partial charge < -0.3 is 4.40 Å². The molecule has 0 unspecified atom stereocenters.